The summed E-state index contributed by atoms with van der Waals surface area (Å²) < 4.78 is 40.2. The van der Waals surface area contributed by atoms with E-state index in [-0.39, 0.29) is 11.7 Å². The molecule has 3 rings (SSSR count). The lowest BCUT2D eigenvalue weighted by atomic mass is 10.1. The van der Waals surface area contributed by atoms with E-state index in [0.717, 1.165) is 45.2 Å². The van der Waals surface area contributed by atoms with Gasteiger partial charge in [0.25, 0.3) is 5.69 Å². The summed E-state index contributed by atoms with van der Waals surface area (Å²) in [6, 6.07) is 3.25. The zero-order chi connectivity index (χ0) is 18.9. The Balaban J connectivity index is 1.75. The molecule has 26 heavy (non-hydrogen) atoms. The number of hydrogen-bond acceptors (Lipinski definition) is 5. The second-order valence-electron chi connectivity index (χ2n) is 6.82. The van der Waals surface area contributed by atoms with E-state index in [9.17, 15) is 23.3 Å². The van der Waals surface area contributed by atoms with Crippen LogP contribution in [-0.4, -0.2) is 66.6 Å². The molecule has 2 heterocycles. The number of halogens is 3. The van der Waals surface area contributed by atoms with Crippen molar-refractivity contribution in [2.75, 3.05) is 50.7 Å². The Morgan fingerprint density at radius 2 is 1.88 bits per heavy atom. The molecule has 2 aliphatic heterocycles. The van der Waals surface area contributed by atoms with Crippen molar-refractivity contribution < 1.29 is 18.1 Å². The maximum absolute atomic E-state index is 13.4. The van der Waals surface area contributed by atoms with Crippen LogP contribution in [0.2, 0.25) is 0 Å². The summed E-state index contributed by atoms with van der Waals surface area (Å²) in [4.78, 5) is 16.5. The van der Waals surface area contributed by atoms with Crippen LogP contribution in [0, 0.1) is 10.1 Å². The largest absolute Gasteiger partial charge is 0.418 e. The third kappa shape index (κ3) is 3.93. The predicted molar refractivity (Wildman–Crippen MR) is 92.4 cm³/mol. The fraction of sp³-hybridized carbons (Fsp3) is 0.647. The summed E-state index contributed by atoms with van der Waals surface area (Å²) >= 11 is 0. The molecule has 2 aliphatic rings. The number of rotatable bonds is 4. The van der Waals surface area contributed by atoms with E-state index in [1.165, 1.54) is 6.07 Å². The number of anilines is 1. The number of benzene rings is 1. The maximum atomic E-state index is 13.4. The van der Waals surface area contributed by atoms with Crippen LogP contribution in [0.25, 0.3) is 0 Å². The van der Waals surface area contributed by atoms with Gasteiger partial charge in [0, 0.05) is 63.1 Å². The van der Waals surface area contributed by atoms with E-state index in [2.05, 4.69) is 16.7 Å². The van der Waals surface area contributed by atoms with Gasteiger partial charge in [-0.05, 0) is 19.0 Å². The minimum atomic E-state index is -4.62. The molecule has 0 aromatic heterocycles. The lowest BCUT2D eigenvalue weighted by molar-refractivity contribution is -0.385. The Hall–Kier alpha value is -1.87. The molecule has 9 heteroatoms. The Labute approximate surface area is 150 Å². The highest BCUT2D eigenvalue weighted by Crippen LogP contribution is 2.40. The zero-order valence-electron chi connectivity index (χ0n) is 14.7. The summed E-state index contributed by atoms with van der Waals surface area (Å²) in [7, 11) is 0. The van der Waals surface area contributed by atoms with Gasteiger partial charge < -0.3 is 9.80 Å². The van der Waals surface area contributed by atoms with E-state index >= 15 is 0 Å². The Morgan fingerprint density at radius 3 is 2.46 bits per heavy atom. The minimum absolute atomic E-state index is 0.0396. The first-order valence-electron chi connectivity index (χ1n) is 8.86. The molecule has 6 nitrogen and oxygen atoms in total. The van der Waals surface area contributed by atoms with Gasteiger partial charge in [0.05, 0.1) is 10.5 Å². The van der Waals surface area contributed by atoms with E-state index in [1.807, 2.05) is 0 Å². The molecule has 0 amide bonds. The first-order chi connectivity index (χ1) is 12.3. The number of alkyl halides is 3. The maximum Gasteiger partial charge on any atom is 0.418 e. The zero-order valence-corrected chi connectivity index (χ0v) is 14.7. The fourth-order valence-electron chi connectivity index (χ4n) is 3.84. The summed E-state index contributed by atoms with van der Waals surface area (Å²) in [5, 5.41) is 10.8. The molecule has 0 aliphatic carbocycles. The molecule has 2 fully saturated rings. The topological polar surface area (TPSA) is 52.9 Å². The van der Waals surface area contributed by atoms with Crippen molar-refractivity contribution in [1.82, 2.24) is 9.80 Å². The molecule has 144 valence electrons. The van der Waals surface area contributed by atoms with Gasteiger partial charge in [0.1, 0.15) is 0 Å². The van der Waals surface area contributed by atoms with Crippen molar-refractivity contribution in [3.8, 4) is 0 Å². The summed E-state index contributed by atoms with van der Waals surface area (Å²) in [6.45, 7) is 8.02. The summed E-state index contributed by atoms with van der Waals surface area (Å²) in [6.07, 6.45) is -3.81. The number of nitro benzene ring substituents is 1. The highest BCUT2D eigenvalue weighted by molar-refractivity contribution is 5.60. The average Bonchev–Trinajstić information content (AvgIpc) is 3.10. The third-order valence-corrected chi connectivity index (χ3v) is 5.37. The molecular weight excluding hydrogens is 349 g/mol. The first-order valence-corrected chi connectivity index (χ1v) is 8.86. The molecule has 1 aromatic carbocycles. The highest BCUT2D eigenvalue weighted by atomic mass is 19.4. The van der Waals surface area contributed by atoms with Crippen LogP contribution in [0.5, 0.6) is 0 Å². The van der Waals surface area contributed by atoms with E-state index < -0.39 is 22.4 Å². The number of piperazine rings is 1. The van der Waals surface area contributed by atoms with Crippen molar-refractivity contribution in [3.05, 3.63) is 33.9 Å². The van der Waals surface area contributed by atoms with E-state index in [4.69, 9.17) is 0 Å². The smallest absolute Gasteiger partial charge is 0.369 e. The lowest BCUT2D eigenvalue weighted by Crippen LogP contribution is -2.50. The number of nitrogens with zero attached hydrogens (tertiary/aromatic N) is 4. The molecule has 0 N–H and O–H groups in total. The number of nitro groups is 1. The van der Waals surface area contributed by atoms with Crippen LogP contribution < -0.4 is 4.90 Å². The van der Waals surface area contributed by atoms with Crippen LogP contribution in [0.3, 0.4) is 0 Å². The monoisotopic (exact) mass is 372 g/mol. The van der Waals surface area contributed by atoms with Gasteiger partial charge in [-0.2, -0.15) is 13.2 Å². The van der Waals surface area contributed by atoms with Crippen LogP contribution in [0.1, 0.15) is 18.9 Å². The van der Waals surface area contributed by atoms with Crippen LogP contribution in [0.4, 0.5) is 24.5 Å². The Morgan fingerprint density at radius 1 is 1.19 bits per heavy atom. The number of likely N-dealkylation sites (N-methyl/N-ethyl adjacent to an activating group) is 1. The molecular formula is C17H23F3N4O2. The molecule has 0 saturated carbocycles. The molecule has 1 aromatic rings. The lowest BCUT2D eigenvalue weighted by Gasteiger charge is -2.37. The number of non-ortho nitro benzene ring substituents is 1. The molecule has 2 saturated heterocycles. The minimum Gasteiger partial charge on any atom is -0.369 e. The highest BCUT2D eigenvalue weighted by Gasteiger charge is 2.39. The van der Waals surface area contributed by atoms with Gasteiger partial charge in [0.15, 0.2) is 0 Å². The van der Waals surface area contributed by atoms with Crippen LogP contribution in [0.15, 0.2) is 18.2 Å². The van der Waals surface area contributed by atoms with Gasteiger partial charge >= 0.3 is 6.18 Å². The second kappa shape index (κ2) is 7.40. The molecule has 1 atom stereocenters. The quantitative estimate of drug-likeness (QED) is 0.601. The molecule has 1 unspecified atom stereocenters. The SMILES string of the molecule is CCN1CCN(C2CCN(c3ccc([N+](=O)[O-])cc3C(F)(F)F)C2)CC1. The van der Waals surface area contributed by atoms with Crippen molar-refractivity contribution >= 4 is 11.4 Å². The molecule has 0 bridgehead atoms. The van der Waals surface area contributed by atoms with Crippen molar-refractivity contribution in [2.24, 2.45) is 0 Å². The van der Waals surface area contributed by atoms with Crippen LogP contribution in [-0.2, 0) is 6.18 Å². The Kier molecular flexibility index (Phi) is 5.38. The second-order valence-corrected chi connectivity index (χ2v) is 6.82. The van der Waals surface area contributed by atoms with Crippen molar-refractivity contribution in [3.63, 3.8) is 0 Å². The first kappa shape index (κ1) is 18.9. The Bertz CT molecular complexity index is 660. The summed E-state index contributed by atoms with van der Waals surface area (Å²) in [5.41, 5.74) is -1.42. The van der Waals surface area contributed by atoms with Gasteiger partial charge in [-0.1, -0.05) is 6.92 Å². The van der Waals surface area contributed by atoms with Gasteiger partial charge in [-0.25, -0.2) is 0 Å². The third-order valence-electron chi connectivity index (χ3n) is 5.37. The average molecular weight is 372 g/mol. The van der Waals surface area contributed by atoms with Crippen molar-refractivity contribution in [1.29, 1.82) is 0 Å². The summed E-state index contributed by atoms with van der Waals surface area (Å²) in [5.74, 6) is 0. The molecule has 0 radical (unpaired) electrons. The van der Waals surface area contributed by atoms with E-state index in [1.54, 1.807) is 4.90 Å². The fourth-order valence-corrected chi connectivity index (χ4v) is 3.84. The van der Waals surface area contributed by atoms with Crippen LogP contribution >= 0.6 is 0 Å². The normalized spacial score (nSPS) is 22.8. The predicted octanol–water partition coefficient (Wildman–Crippen LogP) is 2.83. The van der Waals surface area contributed by atoms with Gasteiger partial charge in [0.2, 0.25) is 0 Å². The standard InChI is InChI=1S/C17H23F3N4O2/c1-2-21-7-9-22(10-8-21)14-5-6-23(12-14)16-4-3-13(24(25)26)11-15(16)17(18,19)20/h3-4,11,14H,2,5-10,12H2,1H3. The van der Waals surface area contributed by atoms with Gasteiger partial charge in [-0.3, -0.25) is 15.0 Å². The number of hydrogen-bond donors (Lipinski definition) is 0. The van der Waals surface area contributed by atoms with E-state index in [0.29, 0.717) is 19.2 Å². The molecule has 0 spiro atoms. The van der Waals surface area contributed by atoms with Crippen molar-refractivity contribution in [2.45, 2.75) is 25.6 Å². The van der Waals surface area contributed by atoms with Gasteiger partial charge in [-0.15, -0.1) is 0 Å².